The van der Waals surface area contributed by atoms with Gasteiger partial charge in [0.1, 0.15) is 10.1 Å². The maximum absolute atomic E-state index is 12.2. The number of Topliss-reactive ketones (excluding diaryl/α,β-unsaturated/α-hetero) is 1. The van der Waals surface area contributed by atoms with E-state index in [1.54, 1.807) is 23.1 Å². The number of unbranched alkanes of at least 4 members (excludes halogenated alkanes) is 1. The fourth-order valence-electron chi connectivity index (χ4n) is 3.38. The molecule has 1 N–H and O–H groups in total. The number of carbonyl (C=O) groups excluding carboxylic acids is 1. The number of carbonyl (C=O) groups is 1. The van der Waals surface area contributed by atoms with Crippen LogP contribution >= 0.6 is 23.1 Å². The molecule has 0 unspecified atom stereocenters. The van der Waals surface area contributed by atoms with Gasteiger partial charge in [0.2, 0.25) is 0 Å². The van der Waals surface area contributed by atoms with Gasteiger partial charge in [-0.05, 0) is 30.6 Å². The Kier molecular flexibility index (Phi) is 8.17. The summed E-state index contributed by atoms with van der Waals surface area (Å²) in [4.78, 5) is 16.5. The lowest BCUT2D eigenvalue weighted by atomic mass is 9.80. The van der Waals surface area contributed by atoms with E-state index in [1.807, 2.05) is 17.7 Å². The molecule has 0 spiro atoms. The molecule has 3 atom stereocenters. The molecule has 0 bridgehead atoms. The third-order valence-electron chi connectivity index (χ3n) is 5.23. The zero-order chi connectivity index (χ0) is 18.3. The van der Waals surface area contributed by atoms with Crippen molar-refractivity contribution in [1.82, 2.24) is 4.98 Å². The minimum atomic E-state index is -0.444. The van der Waals surface area contributed by atoms with Gasteiger partial charge < -0.3 is 5.11 Å². The molecule has 0 aromatic carbocycles. The Morgan fingerprint density at radius 1 is 1.52 bits per heavy atom. The van der Waals surface area contributed by atoms with E-state index in [4.69, 9.17) is 0 Å². The summed E-state index contributed by atoms with van der Waals surface area (Å²) >= 11 is 3.39. The second kappa shape index (κ2) is 9.89. The lowest BCUT2D eigenvalue weighted by Crippen LogP contribution is -2.27. The molecule has 1 saturated carbocycles. The van der Waals surface area contributed by atoms with Crippen molar-refractivity contribution >= 4 is 28.9 Å². The van der Waals surface area contributed by atoms with Gasteiger partial charge in [0.15, 0.2) is 0 Å². The quantitative estimate of drug-likeness (QED) is 0.438. The van der Waals surface area contributed by atoms with Crippen LogP contribution in [-0.2, 0) is 4.79 Å². The normalized spacial score (nSPS) is 22.8. The summed E-state index contributed by atoms with van der Waals surface area (Å²) in [5, 5.41) is 12.5. The zero-order valence-electron chi connectivity index (χ0n) is 15.6. The maximum Gasteiger partial charge on any atom is 0.149 e. The molecule has 2 rings (SSSR count). The van der Waals surface area contributed by atoms with Crippen LogP contribution < -0.4 is 0 Å². The highest BCUT2D eigenvalue weighted by Gasteiger charge is 2.33. The van der Waals surface area contributed by atoms with Crippen molar-refractivity contribution in [3.8, 4) is 0 Å². The topological polar surface area (TPSA) is 50.2 Å². The predicted molar refractivity (Wildman–Crippen MR) is 107 cm³/mol. The first-order valence-electron chi connectivity index (χ1n) is 9.35. The van der Waals surface area contributed by atoms with E-state index < -0.39 is 6.10 Å². The number of aliphatic hydroxyl groups is 1. The third-order valence-corrected chi connectivity index (χ3v) is 7.23. The number of hydrogen-bond acceptors (Lipinski definition) is 5. The van der Waals surface area contributed by atoms with Gasteiger partial charge in [-0.3, -0.25) is 4.79 Å². The fraction of sp³-hybridized carbons (Fsp3) is 0.700. The number of thiazole rings is 1. The van der Waals surface area contributed by atoms with E-state index in [0.29, 0.717) is 12.2 Å². The van der Waals surface area contributed by atoms with Crippen molar-refractivity contribution in [2.75, 3.05) is 5.75 Å². The molecule has 5 heteroatoms. The predicted octanol–water partition coefficient (Wildman–Crippen LogP) is 5.35. The largest absolute Gasteiger partial charge is 0.388 e. The second-order valence-electron chi connectivity index (χ2n) is 7.63. The van der Waals surface area contributed by atoms with E-state index in [1.165, 1.54) is 0 Å². The Bertz CT molecular complexity index is 554. The monoisotopic (exact) mass is 381 g/mol. The summed E-state index contributed by atoms with van der Waals surface area (Å²) in [7, 11) is 0. The first-order chi connectivity index (χ1) is 11.9. The molecular weight excluding hydrogens is 350 g/mol. The molecule has 1 fully saturated rings. The average molecular weight is 382 g/mol. The van der Waals surface area contributed by atoms with Gasteiger partial charge in [-0.2, -0.15) is 0 Å². The Labute approximate surface area is 160 Å². The Hall–Kier alpha value is -0.650. The average Bonchev–Trinajstić information content (AvgIpc) is 3.22. The van der Waals surface area contributed by atoms with Gasteiger partial charge >= 0.3 is 0 Å². The van der Waals surface area contributed by atoms with Gasteiger partial charge in [-0.15, -0.1) is 11.3 Å². The summed E-state index contributed by atoms with van der Waals surface area (Å²) < 4.78 is 1.07. The van der Waals surface area contributed by atoms with Crippen molar-refractivity contribution in [3.63, 3.8) is 0 Å². The van der Waals surface area contributed by atoms with Crippen LogP contribution in [0.2, 0.25) is 0 Å². The van der Waals surface area contributed by atoms with Crippen molar-refractivity contribution in [2.24, 2.45) is 17.3 Å². The number of ketones is 1. The molecule has 3 nitrogen and oxygen atoms in total. The van der Waals surface area contributed by atoms with E-state index in [-0.39, 0.29) is 17.3 Å². The lowest BCUT2D eigenvalue weighted by Gasteiger charge is -2.29. The third kappa shape index (κ3) is 6.22. The molecule has 1 aromatic rings. The molecule has 0 radical (unpaired) electrons. The number of rotatable bonds is 10. The summed E-state index contributed by atoms with van der Waals surface area (Å²) in [6, 6.07) is 0. The van der Waals surface area contributed by atoms with Crippen molar-refractivity contribution < 1.29 is 9.90 Å². The van der Waals surface area contributed by atoms with E-state index in [2.05, 4.69) is 31.8 Å². The molecule has 1 aliphatic carbocycles. The fourth-order valence-corrected chi connectivity index (χ4v) is 5.11. The van der Waals surface area contributed by atoms with Gasteiger partial charge in [0.05, 0.1) is 6.10 Å². The summed E-state index contributed by atoms with van der Waals surface area (Å²) in [6.07, 6.45) is 11.2. The second-order valence-corrected chi connectivity index (χ2v) is 9.87. The van der Waals surface area contributed by atoms with Crippen LogP contribution in [0.4, 0.5) is 0 Å². The molecule has 1 aliphatic rings. The number of aliphatic hydroxyl groups excluding tert-OH is 1. The molecule has 0 amide bonds. The van der Waals surface area contributed by atoms with Crippen LogP contribution in [0.3, 0.4) is 0 Å². The summed E-state index contributed by atoms with van der Waals surface area (Å²) in [5.74, 6) is 1.70. The van der Waals surface area contributed by atoms with E-state index in [0.717, 1.165) is 42.2 Å². The first-order valence-corrected chi connectivity index (χ1v) is 11.2. The van der Waals surface area contributed by atoms with Crippen molar-refractivity contribution in [1.29, 1.82) is 0 Å². The molecule has 25 heavy (non-hydrogen) atoms. The molecule has 0 aliphatic heterocycles. The molecule has 1 heterocycles. The Morgan fingerprint density at radius 2 is 2.32 bits per heavy atom. The van der Waals surface area contributed by atoms with Crippen LogP contribution in [0.15, 0.2) is 28.1 Å². The first kappa shape index (κ1) is 20.7. The van der Waals surface area contributed by atoms with E-state index in [9.17, 15) is 9.90 Å². The van der Waals surface area contributed by atoms with Crippen LogP contribution in [0, 0.1) is 17.3 Å². The van der Waals surface area contributed by atoms with Crippen LogP contribution in [-0.4, -0.2) is 27.7 Å². The standard InChI is InChI=1S/C20H31NO2S2/c1-4-5-11-20(2,3)18(23)9-7-15-6-8-17(22)16(15)10-13-24-19-21-12-14-25-19/h7,9,12,14-16,18,23H,4-6,8,10-11,13H2,1-3H3/b9-7+/t15-,16-,18-/m1/s1. The minimum absolute atomic E-state index is 0.106. The minimum Gasteiger partial charge on any atom is -0.388 e. The van der Waals surface area contributed by atoms with Gasteiger partial charge in [0.25, 0.3) is 0 Å². The molecule has 1 aromatic heterocycles. The zero-order valence-corrected chi connectivity index (χ0v) is 17.2. The van der Waals surface area contributed by atoms with Crippen molar-refractivity contribution in [2.45, 2.75) is 69.7 Å². The molecule has 140 valence electrons. The number of hydrogen-bond donors (Lipinski definition) is 1. The number of thioether (sulfide) groups is 1. The van der Waals surface area contributed by atoms with Gasteiger partial charge in [-0.1, -0.05) is 57.5 Å². The van der Waals surface area contributed by atoms with Crippen molar-refractivity contribution in [3.05, 3.63) is 23.7 Å². The van der Waals surface area contributed by atoms with E-state index >= 15 is 0 Å². The molecular formula is C20H31NO2S2. The Balaban J connectivity index is 1.87. The maximum atomic E-state index is 12.2. The lowest BCUT2D eigenvalue weighted by molar-refractivity contribution is -0.121. The number of aromatic nitrogens is 1. The molecule has 0 saturated heterocycles. The van der Waals surface area contributed by atoms with Crippen LogP contribution in [0.25, 0.3) is 0 Å². The van der Waals surface area contributed by atoms with Crippen LogP contribution in [0.1, 0.15) is 59.3 Å². The van der Waals surface area contributed by atoms with Crippen LogP contribution in [0.5, 0.6) is 0 Å². The van der Waals surface area contributed by atoms with Gasteiger partial charge in [0, 0.05) is 29.7 Å². The number of allylic oxidation sites excluding steroid dienone is 1. The smallest absolute Gasteiger partial charge is 0.149 e. The van der Waals surface area contributed by atoms with Gasteiger partial charge in [-0.25, -0.2) is 4.98 Å². The highest BCUT2D eigenvalue weighted by atomic mass is 32.2. The SMILES string of the molecule is CCCCC(C)(C)[C@H](O)/C=C/[C@H]1CCC(=O)[C@@H]1CCSc1nccs1. The summed E-state index contributed by atoms with van der Waals surface area (Å²) in [5.41, 5.74) is -0.106. The summed E-state index contributed by atoms with van der Waals surface area (Å²) in [6.45, 7) is 6.43. The highest BCUT2D eigenvalue weighted by molar-refractivity contribution is 8.00. The Morgan fingerprint density at radius 3 is 3.00 bits per heavy atom. The number of nitrogens with zero attached hydrogens (tertiary/aromatic N) is 1. The highest BCUT2D eigenvalue weighted by Crippen LogP contribution is 2.35.